The van der Waals surface area contributed by atoms with Crippen LogP contribution in [0, 0.1) is 0 Å². The van der Waals surface area contributed by atoms with Crippen LogP contribution in [0.25, 0.3) is 0 Å². The van der Waals surface area contributed by atoms with Gasteiger partial charge in [-0.15, -0.1) is 0 Å². The lowest BCUT2D eigenvalue weighted by molar-refractivity contribution is -0.114. The molecule has 6 heteroatoms. The topological polar surface area (TPSA) is 61.4 Å². The highest BCUT2D eigenvalue weighted by Crippen LogP contribution is 2.21. The first-order chi connectivity index (χ1) is 11.0. The molecule has 0 aromatic heterocycles. The van der Waals surface area contributed by atoms with Crippen LogP contribution in [0.5, 0.6) is 0 Å². The molecule has 0 saturated carbocycles. The number of benzene rings is 2. The summed E-state index contributed by atoms with van der Waals surface area (Å²) in [6.07, 6.45) is 0. The van der Waals surface area contributed by atoms with E-state index < -0.39 is 0 Å². The van der Waals surface area contributed by atoms with Crippen molar-refractivity contribution in [1.82, 2.24) is 4.90 Å². The molecule has 0 spiro atoms. The molecule has 0 atom stereocenters. The summed E-state index contributed by atoms with van der Waals surface area (Å²) in [5.41, 5.74) is 2.02. The van der Waals surface area contributed by atoms with Gasteiger partial charge in [0.2, 0.25) is 5.91 Å². The monoisotopic (exact) mass is 375 g/mol. The number of hydrogen-bond donors (Lipinski definition) is 2. The Kier molecular flexibility index (Phi) is 5.76. The van der Waals surface area contributed by atoms with Crippen molar-refractivity contribution in [3.63, 3.8) is 0 Å². The number of anilines is 2. The predicted octanol–water partition coefficient (Wildman–Crippen LogP) is 3.20. The van der Waals surface area contributed by atoms with Crippen LogP contribution in [0.4, 0.5) is 11.4 Å². The largest absolute Gasteiger partial charge is 0.376 e. The second-order valence-corrected chi connectivity index (χ2v) is 6.02. The van der Waals surface area contributed by atoms with E-state index in [-0.39, 0.29) is 18.4 Å². The summed E-state index contributed by atoms with van der Waals surface area (Å²) in [4.78, 5) is 25.4. The normalized spacial score (nSPS) is 10.0. The van der Waals surface area contributed by atoms with Crippen molar-refractivity contribution in [3.05, 3.63) is 58.6 Å². The summed E-state index contributed by atoms with van der Waals surface area (Å²) >= 11 is 3.38. The van der Waals surface area contributed by atoms with Gasteiger partial charge in [0.1, 0.15) is 0 Å². The first-order valence-corrected chi connectivity index (χ1v) is 7.86. The first kappa shape index (κ1) is 17.0. The van der Waals surface area contributed by atoms with Crippen molar-refractivity contribution in [3.8, 4) is 0 Å². The van der Waals surface area contributed by atoms with Crippen LogP contribution in [0.1, 0.15) is 10.4 Å². The fourth-order valence-electron chi connectivity index (χ4n) is 1.96. The third-order valence-corrected chi connectivity index (χ3v) is 3.81. The van der Waals surface area contributed by atoms with Crippen molar-refractivity contribution in [1.29, 1.82) is 0 Å². The van der Waals surface area contributed by atoms with E-state index in [2.05, 4.69) is 26.6 Å². The summed E-state index contributed by atoms with van der Waals surface area (Å²) in [6.45, 7) is 0.112. The van der Waals surface area contributed by atoms with Crippen LogP contribution in [0.2, 0.25) is 0 Å². The van der Waals surface area contributed by atoms with Crippen molar-refractivity contribution in [2.24, 2.45) is 0 Å². The second-order valence-electron chi connectivity index (χ2n) is 5.16. The maximum atomic E-state index is 12.0. The smallest absolute Gasteiger partial charge is 0.253 e. The zero-order chi connectivity index (χ0) is 16.8. The molecule has 23 heavy (non-hydrogen) atoms. The van der Waals surface area contributed by atoms with E-state index in [9.17, 15) is 9.59 Å². The SMILES string of the molecule is CN(C)C(=O)c1cccc(NCC(=O)Nc2ccccc2Br)c1. The van der Waals surface area contributed by atoms with Crippen LogP contribution in [-0.4, -0.2) is 37.4 Å². The molecule has 2 aromatic carbocycles. The van der Waals surface area contributed by atoms with Crippen molar-refractivity contribution in [2.75, 3.05) is 31.3 Å². The summed E-state index contributed by atoms with van der Waals surface area (Å²) in [6, 6.07) is 14.5. The zero-order valence-corrected chi connectivity index (χ0v) is 14.6. The fraction of sp³-hybridized carbons (Fsp3) is 0.176. The van der Waals surface area contributed by atoms with Crippen LogP contribution >= 0.6 is 15.9 Å². The molecule has 0 aliphatic carbocycles. The Balaban J connectivity index is 1.96. The third-order valence-electron chi connectivity index (χ3n) is 3.12. The highest BCUT2D eigenvalue weighted by molar-refractivity contribution is 9.10. The maximum Gasteiger partial charge on any atom is 0.253 e. The number of para-hydroxylation sites is 1. The van der Waals surface area contributed by atoms with E-state index in [1.807, 2.05) is 30.3 Å². The molecule has 2 aromatic rings. The molecule has 0 unspecified atom stereocenters. The standard InChI is InChI=1S/C17H18BrN3O2/c1-21(2)17(23)12-6-5-7-13(10-12)19-11-16(22)20-15-9-4-3-8-14(15)18/h3-10,19H,11H2,1-2H3,(H,20,22). The van der Waals surface area contributed by atoms with Gasteiger partial charge in [-0.2, -0.15) is 0 Å². The minimum Gasteiger partial charge on any atom is -0.376 e. The molecule has 5 nitrogen and oxygen atoms in total. The van der Waals surface area contributed by atoms with Crippen molar-refractivity contribution >= 4 is 39.1 Å². The van der Waals surface area contributed by atoms with Crippen LogP contribution in [0.3, 0.4) is 0 Å². The van der Waals surface area contributed by atoms with Crippen LogP contribution < -0.4 is 10.6 Å². The Morgan fingerprint density at radius 2 is 1.83 bits per heavy atom. The van der Waals surface area contributed by atoms with E-state index in [0.29, 0.717) is 5.56 Å². The van der Waals surface area contributed by atoms with E-state index in [4.69, 9.17) is 0 Å². The number of rotatable bonds is 5. The lowest BCUT2D eigenvalue weighted by Gasteiger charge is -2.12. The molecule has 0 aliphatic heterocycles. The van der Waals surface area contributed by atoms with Gasteiger partial charge in [0.25, 0.3) is 5.91 Å². The van der Waals surface area contributed by atoms with E-state index in [1.165, 1.54) is 4.90 Å². The Morgan fingerprint density at radius 3 is 2.52 bits per heavy atom. The minimum absolute atomic E-state index is 0.0775. The lowest BCUT2D eigenvalue weighted by Crippen LogP contribution is -2.23. The Labute approximate surface area is 143 Å². The predicted molar refractivity (Wildman–Crippen MR) is 95.7 cm³/mol. The average Bonchev–Trinajstić information content (AvgIpc) is 2.54. The summed E-state index contributed by atoms with van der Waals surface area (Å²) in [5.74, 6) is -0.243. The van der Waals surface area contributed by atoms with Crippen molar-refractivity contribution in [2.45, 2.75) is 0 Å². The van der Waals surface area contributed by atoms with Gasteiger partial charge in [0, 0.05) is 29.8 Å². The van der Waals surface area contributed by atoms with E-state index in [0.717, 1.165) is 15.8 Å². The third kappa shape index (κ3) is 4.82. The van der Waals surface area contributed by atoms with Crippen LogP contribution in [0.15, 0.2) is 53.0 Å². The van der Waals surface area contributed by atoms with E-state index >= 15 is 0 Å². The number of nitrogens with one attached hydrogen (secondary N) is 2. The summed E-state index contributed by atoms with van der Waals surface area (Å²) in [7, 11) is 3.40. The summed E-state index contributed by atoms with van der Waals surface area (Å²) < 4.78 is 0.826. The number of halogens is 1. The molecule has 0 aliphatic rings. The molecule has 2 N–H and O–H groups in total. The number of carbonyl (C=O) groups excluding carboxylic acids is 2. The summed E-state index contributed by atoms with van der Waals surface area (Å²) in [5, 5.41) is 5.83. The molecule has 120 valence electrons. The minimum atomic E-state index is -0.166. The highest BCUT2D eigenvalue weighted by atomic mass is 79.9. The number of amides is 2. The molecular formula is C17H18BrN3O2. The quantitative estimate of drug-likeness (QED) is 0.843. The van der Waals surface area contributed by atoms with Gasteiger partial charge < -0.3 is 15.5 Å². The molecule has 0 bridgehead atoms. The zero-order valence-electron chi connectivity index (χ0n) is 13.0. The van der Waals surface area contributed by atoms with Gasteiger partial charge in [0.05, 0.1) is 12.2 Å². The second kappa shape index (κ2) is 7.78. The molecule has 2 rings (SSSR count). The van der Waals surface area contributed by atoms with Gasteiger partial charge in [-0.25, -0.2) is 0 Å². The molecular weight excluding hydrogens is 358 g/mol. The fourth-order valence-corrected chi connectivity index (χ4v) is 2.34. The average molecular weight is 376 g/mol. The lowest BCUT2D eigenvalue weighted by atomic mass is 10.2. The maximum absolute atomic E-state index is 12.0. The number of carbonyl (C=O) groups is 2. The van der Waals surface area contributed by atoms with Crippen LogP contribution in [-0.2, 0) is 4.79 Å². The number of nitrogens with zero attached hydrogens (tertiary/aromatic N) is 1. The molecule has 0 saturated heterocycles. The Bertz CT molecular complexity index is 716. The van der Waals surface area contributed by atoms with E-state index in [1.54, 1.807) is 32.3 Å². The molecule has 0 heterocycles. The molecule has 2 amide bonds. The molecule has 0 fully saturated rings. The van der Waals surface area contributed by atoms with Gasteiger partial charge in [-0.3, -0.25) is 9.59 Å². The van der Waals surface area contributed by atoms with Gasteiger partial charge in [-0.05, 0) is 46.3 Å². The Morgan fingerprint density at radius 1 is 1.09 bits per heavy atom. The van der Waals surface area contributed by atoms with Gasteiger partial charge in [-0.1, -0.05) is 18.2 Å². The van der Waals surface area contributed by atoms with Gasteiger partial charge in [0.15, 0.2) is 0 Å². The first-order valence-electron chi connectivity index (χ1n) is 7.07. The Hall–Kier alpha value is -2.34. The molecule has 0 radical (unpaired) electrons. The number of hydrogen-bond acceptors (Lipinski definition) is 3. The van der Waals surface area contributed by atoms with Gasteiger partial charge >= 0.3 is 0 Å². The highest BCUT2D eigenvalue weighted by Gasteiger charge is 2.09. The van der Waals surface area contributed by atoms with Crippen molar-refractivity contribution < 1.29 is 9.59 Å².